The second-order valence-corrected chi connectivity index (χ2v) is 4.02. The van der Waals surface area contributed by atoms with Crippen molar-refractivity contribution in [2.45, 2.75) is 45.1 Å². The number of aromatic nitrogens is 3. The molecule has 13 heavy (non-hydrogen) atoms. The maximum atomic E-state index is 4.06. The molecule has 1 aromatic rings. The third-order valence-corrected chi connectivity index (χ3v) is 3.19. The van der Waals surface area contributed by atoms with Gasteiger partial charge in [-0.2, -0.15) is 0 Å². The van der Waals surface area contributed by atoms with Gasteiger partial charge in [0.15, 0.2) is 0 Å². The Morgan fingerprint density at radius 1 is 1.31 bits per heavy atom. The van der Waals surface area contributed by atoms with Gasteiger partial charge in [0.1, 0.15) is 0 Å². The highest BCUT2D eigenvalue weighted by Gasteiger charge is 2.21. The van der Waals surface area contributed by atoms with E-state index in [0.29, 0.717) is 6.04 Å². The summed E-state index contributed by atoms with van der Waals surface area (Å²) in [5.74, 6) is 0.815. The number of hydrogen-bond acceptors (Lipinski definition) is 2. The van der Waals surface area contributed by atoms with E-state index in [2.05, 4.69) is 17.2 Å². The van der Waals surface area contributed by atoms with E-state index >= 15 is 0 Å². The molecule has 1 heterocycles. The maximum absolute atomic E-state index is 4.06. The number of rotatable bonds is 2. The highest BCUT2D eigenvalue weighted by molar-refractivity contribution is 4.77. The minimum Gasteiger partial charge on any atom is -0.250 e. The van der Waals surface area contributed by atoms with Gasteiger partial charge < -0.3 is 0 Å². The highest BCUT2D eigenvalue weighted by Crippen LogP contribution is 2.31. The SMILES string of the molecule is CC(C1CCCCC1)n1ccnn1. The van der Waals surface area contributed by atoms with E-state index in [4.69, 9.17) is 0 Å². The van der Waals surface area contributed by atoms with Gasteiger partial charge in [-0.3, -0.25) is 0 Å². The number of nitrogens with zero attached hydrogens (tertiary/aromatic N) is 3. The smallest absolute Gasteiger partial charge is 0.0693 e. The van der Waals surface area contributed by atoms with Crippen LogP contribution in [0, 0.1) is 5.92 Å². The van der Waals surface area contributed by atoms with Crippen LogP contribution < -0.4 is 0 Å². The van der Waals surface area contributed by atoms with Crippen molar-refractivity contribution in [1.82, 2.24) is 15.0 Å². The lowest BCUT2D eigenvalue weighted by molar-refractivity contribution is 0.247. The van der Waals surface area contributed by atoms with Gasteiger partial charge in [-0.15, -0.1) is 5.10 Å². The standard InChI is InChI=1S/C10H17N3/c1-9(13-8-7-11-12-13)10-5-3-2-4-6-10/h7-10H,2-6H2,1H3. The molecule has 1 aromatic heterocycles. The molecule has 1 aliphatic carbocycles. The third kappa shape index (κ3) is 1.90. The zero-order chi connectivity index (χ0) is 9.10. The first-order valence-corrected chi connectivity index (χ1v) is 5.24. The molecule has 0 bridgehead atoms. The molecule has 3 heteroatoms. The van der Waals surface area contributed by atoms with E-state index in [1.54, 1.807) is 6.20 Å². The average molecular weight is 179 g/mol. The van der Waals surface area contributed by atoms with Crippen molar-refractivity contribution >= 4 is 0 Å². The van der Waals surface area contributed by atoms with Crippen LogP contribution in [0.5, 0.6) is 0 Å². The van der Waals surface area contributed by atoms with Gasteiger partial charge >= 0.3 is 0 Å². The Hall–Kier alpha value is -0.860. The van der Waals surface area contributed by atoms with Crippen molar-refractivity contribution in [2.24, 2.45) is 5.92 Å². The molecular weight excluding hydrogens is 162 g/mol. The predicted molar refractivity (Wildman–Crippen MR) is 51.3 cm³/mol. The second-order valence-electron chi connectivity index (χ2n) is 4.02. The summed E-state index contributed by atoms with van der Waals surface area (Å²) in [7, 11) is 0. The molecule has 1 fully saturated rings. The summed E-state index contributed by atoms with van der Waals surface area (Å²) in [6, 6.07) is 0.530. The van der Waals surface area contributed by atoms with Crippen LogP contribution in [0.1, 0.15) is 45.1 Å². The Labute approximate surface area is 79.1 Å². The normalized spacial score (nSPS) is 21.6. The summed E-state index contributed by atoms with van der Waals surface area (Å²) >= 11 is 0. The van der Waals surface area contributed by atoms with E-state index in [0.717, 1.165) is 5.92 Å². The summed E-state index contributed by atoms with van der Waals surface area (Å²) < 4.78 is 2.00. The van der Waals surface area contributed by atoms with Crippen molar-refractivity contribution < 1.29 is 0 Å². The minimum absolute atomic E-state index is 0.530. The van der Waals surface area contributed by atoms with E-state index < -0.39 is 0 Å². The molecule has 0 aromatic carbocycles. The summed E-state index contributed by atoms with van der Waals surface area (Å²) in [5, 5.41) is 7.91. The van der Waals surface area contributed by atoms with E-state index in [1.165, 1.54) is 32.1 Å². The summed E-state index contributed by atoms with van der Waals surface area (Å²) in [6.07, 6.45) is 10.7. The van der Waals surface area contributed by atoms with Crippen LogP contribution >= 0.6 is 0 Å². The second kappa shape index (κ2) is 3.90. The van der Waals surface area contributed by atoms with Crippen LogP contribution in [0.25, 0.3) is 0 Å². The lowest BCUT2D eigenvalue weighted by Gasteiger charge is -2.27. The van der Waals surface area contributed by atoms with Gasteiger partial charge in [0.2, 0.25) is 0 Å². The Kier molecular flexibility index (Phi) is 2.62. The quantitative estimate of drug-likeness (QED) is 0.698. The fourth-order valence-electron chi connectivity index (χ4n) is 2.27. The van der Waals surface area contributed by atoms with Gasteiger partial charge in [0.25, 0.3) is 0 Å². The Morgan fingerprint density at radius 3 is 2.69 bits per heavy atom. The molecule has 1 atom stereocenters. The zero-order valence-corrected chi connectivity index (χ0v) is 8.19. The van der Waals surface area contributed by atoms with Crippen molar-refractivity contribution in [3.05, 3.63) is 12.4 Å². The van der Waals surface area contributed by atoms with Crippen LogP contribution in [-0.4, -0.2) is 15.0 Å². The molecule has 3 nitrogen and oxygen atoms in total. The largest absolute Gasteiger partial charge is 0.250 e. The van der Waals surface area contributed by atoms with Gasteiger partial charge in [-0.05, 0) is 25.7 Å². The van der Waals surface area contributed by atoms with Crippen molar-refractivity contribution in [3.8, 4) is 0 Å². The average Bonchev–Trinajstić information content (AvgIpc) is 2.71. The fraction of sp³-hybridized carbons (Fsp3) is 0.800. The van der Waals surface area contributed by atoms with Crippen LogP contribution in [-0.2, 0) is 0 Å². The van der Waals surface area contributed by atoms with Gasteiger partial charge in [-0.25, -0.2) is 4.68 Å². The lowest BCUT2D eigenvalue weighted by Crippen LogP contribution is -2.19. The first-order valence-electron chi connectivity index (χ1n) is 5.24. The Morgan fingerprint density at radius 2 is 2.08 bits per heavy atom. The van der Waals surface area contributed by atoms with E-state index in [9.17, 15) is 0 Å². The topological polar surface area (TPSA) is 30.7 Å². The monoisotopic (exact) mass is 179 g/mol. The van der Waals surface area contributed by atoms with Crippen LogP contribution in [0.3, 0.4) is 0 Å². The molecule has 0 aliphatic heterocycles. The van der Waals surface area contributed by atoms with E-state index in [-0.39, 0.29) is 0 Å². The number of hydrogen-bond donors (Lipinski definition) is 0. The summed E-state index contributed by atoms with van der Waals surface area (Å²) in [6.45, 7) is 2.25. The minimum atomic E-state index is 0.530. The fourth-order valence-corrected chi connectivity index (χ4v) is 2.27. The lowest BCUT2D eigenvalue weighted by atomic mass is 9.85. The van der Waals surface area contributed by atoms with Gasteiger partial charge in [0, 0.05) is 6.20 Å². The molecule has 2 rings (SSSR count). The van der Waals surface area contributed by atoms with Crippen LogP contribution in [0.4, 0.5) is 0 Å². The molecule has 1 unspecified atom stereocenters. The molecule has 0 amide bonds. The van der Waals surface area contributed by atoms with Crippen LogP contribution in [0.2, 0.25) is 0 Å². The molecule has 0 radical (unpaired) electrons. The third-order valence-electron chi connectivity index (χ3n) is 3.19. The Balaban J connectivity index is 1.99. The predicted octanol–water partition coefficient (Wildman–Crippen LogP) is 2.42. The summed E-state index contributed by atoms with van der Waals surface area (Å²) in [5.41, 5.74) is 0. The first kappa shape index (κ1) is 8.73. The Bertz CT molecular complexity index is 237. The van der Waals surface area contributed by atoms with Crippen molar-refractivity contribution in [1.29, 1.82) is 0 Å². The molecule has 0 saturated heterocycles. The van der Waals surface area contributed by atoms with Crippen LogP contribution in [0.15, 0.2) is 12.4 Å². The molecule has 1 saturated carbocycles. The van der Waals surface area contributed by atoms with Crippen molar-refractivity contribution in [2.75, 3.05) is 0 Å². The molecule has 0 N–H and O–H groups in total. The molecular formula is C10H17N3. The molecule has 1 aliphatic rings. The van der Waals surface area contributed by atoms with E-state index in [1.807, 2.05) is 10.9 Å². The van der Waals surface area contributed by atoms with Gasteiger partial charge in [0.05, 0.1) is 12.2 Å². The maximum Gasteiger partial charge on any atom is 0.0693 e. The molecule has 0 spiro atoms. The molecule has 72 valence electrons. The van der Waals surface area contributed by atoms with Crippen molar-refractivity contribution in [3.63, 3.8) is 0 Å². The summed E-state index contributed by atoms with van der Waals surface area (Å²) in [4.78, 5) is 0. The highest BCUT2D eigenvalue weighted by atomic mass is 15.4. The zero-order valence-electron chi connectivity index (χ0n) is 8.19. The first-order chi connectivity index (χ1) is 6.38. The van der Waals surface area contributed by atoms with Gasteiger partial charge in [-0.1, -0.05) is 24.5 Å².